The van der Waals surface area contributed by atoms with Gasteiger partial charge in [0.2, 0.25) is 6.41 Å². The fourth-order valence-electron chi connectivity index (χ4n) is 1.09. The molecular weight excluding hydrogens is 182 g/mol. The third-order valence-corrected chi connectivity index (χ3v) is 1.82. The number of hydrogen-bond acceptors (Lipinski definition) is 3. The molecule has 74 valence electrons. The summed E-state index contributed by atoms with van der Waals surface area (Å²) in [6, 6.07) is 4.86. The summed E-state index contributed by atoms with van der Waals surface area (Å²) in [5.74, 6) is 0.436. The molecule has 0 atom stereocenters. The van der Waals surface area contributed by atoms with Crippen molar-refractivity contribution in [3.63, 3.8) is 0 Å². The molecule has 0 unspecified atom stereocenters. The van der Waals surface area contributed by atoms with Crippen molar-refractivity contribution in [2.75, 3.05) is 12.4 Å². The van der Waals surface area contributed by atoms with Gasteiger partial charge in [0.05, 0.1) is 12.8 Å². The summed E-state index contributed by atoms with van der Waals surface area (Å²) < 4.78 is 5.02. The van der Waals surface area contributed by atoms with Crippen LogP contribution in [0.3, 0.4) is 0 Å². The van der Waals surface area contributed by atoms with Gasteiger partial charge in [0, 0.05) is 5.56 Å². The van der Waals surface area contributed by atoms with Crippen LogP contribution in [0.1, 0.15) is 17.3 Å². The van der Waals surface area contributed by atoms with Crippen molar-refractivity contribution >= 4 is 17.9 Å². The third-order valence-electron chi connectivity index (χ3n) is 1.82. The molecule has 4 nitrogen and oxygen atoms in total. The molecule has 1 N–H and O–H groups in total. The first-order valence-electron chi connectivity index (χ1n) is 4.08. The molecule has 4 heteroatoms. The fourth-order valence-corrected chi connectivity index (χ4v) is 1.09. The number of carbonyl (C=O) groups is 2. The van der Waals surface area contributed by atoms with Crippen LogP contribution in [0.5, 0.6) is 5.75 Å². The Morgan fingerprint density at radius 3 is 2.71 bits per heavy atom. The monoisotopic (exact) mass is 193 g/mol. The van der Waals surface area contributed by atoms with E-state index in [9.17, 15) is 9.59 Å². The molecule has 0 heterocycles. The predicted octanol–water partition coefficient (Wildman–Crippen LogP) is 1.47. The molecule has 0 aliphatic rings. The normalized spacial score (nSPS) is 9.29. The molecule has 0 bridgehead atoms. The first-order chi connectivity index (χ1) is 6.69. The largest absolute Gasteiger partial charge is 0.495 e. The van der Waals surface area contributed by atoms with Crippen molar-refractivity contribution in [2.45, 2.75) is 6.92 Å². The topological polar surface area (TPSA) is 55.4 Å². The molecule has 14 heavy (non-hydrogen) atoms. The van der Waals surface area contributed by atoms with E-state index in [-0.39, 0.29) is 5.78 Å². The minimum absolute atomic E-state index is 0.0408. The number of ether oxygens (including phenoxy) is 1. The predicted molar refractivity (Wildman–Crippen MR) is 52.7 cm³/mol. The van der Waals surface area contributed by atoms with Gasteiger partial charge in [0.15, 0.2) is 5.78 Å². The Labute approximate surface area is 81.9 Å². The van der Waals surface area contributed by atoms with E-state index in [0.717, 1.165) is 0 Å². The summed E-state index contributed by atoms with van der Waals surface area (Å²) >= 11 is 0. The van der Waals surface area contributed by atoms with Gasteiger partial charge in [-0.1, -0.05) is 0 Å². The van der Waals surface area contributed by atoms with Gasteiger partial charge < -0.3 is 10.1 Å². The maximum atomic E-state index is 11.0. The lowest BCUT2D eigenvalue weighted by Crippen LogP contribution is -1.99. The van der Waals surface area contributed by atoms with E-state index < -0.39 is 0 Å². The summed E-state index contributed by atoms with van der Waals surface area (Å²) in [5.41, 5.74) is 1.10. The van der Waals surface area contributed by atoms with Crippen LogP contribution in [0.15, 0.2) is 18.2 Å². The number of rotatable bonds is 4. The zero-order valence-corrected chi connectivity index (χ0v) is 8.03. The minimum Gasteiger partial charge on any atom is -0.495 e. The number of Topliss-reactive ketones (excluding diaryl/α,β-unsaturated/α-hetero) is 1. The van der Waals surface area contributed by atoms with E-state index in [2.05, 4.69) is 5.32 Å². The molecule has 1 rings (SSSR count). The molecule has 0 saturated carbocycles. The zero-order chi connectivity index (χ0) is 10.6. The van der Waals surface area contributed by atoms with Gasteiger partial charge in [-0.05, 0) is 25.1 Å². The summed E-state index contributed by atoms with van der Waals surface area (Å²) in [4.78, 5) is 21.3. The number of amides is 1. The Kier molecular flexibility index (Phi) is 3.23. The highest BCUT2D eigenvalue weighted by Gasteiger charge is 2.05. The standard InChI is InChI=1S/C10H11NO3/c1-7(13)8-3-4-9(11-6-12)10(5-8)14-2/h3-6H,1-2H3,(H,11,12). The average Bonchev–Trinajstić information content (AvgIpc) is 2.18. The SMILES string of the molecule is COc1cc(C(C)=O)ccc1NC=O. The third kappa shape index (κ3) is 2.10. The van der Waals surface area contributed by atoms with Crippen LogP contribution in [0.25, 0.3) is 0 Å². The molecule has 0 radical (unpaired) electrons. The number of nitrogens with one attached hydrogen (secondary N) is 1. The smallest absolute Gasteiger partial charge is 0.211 e. The van der Waals surface area contributed by atoms with Gasteiger partial charge in [-0.3, -0.25) is 9.59 Å². The lowest BCUT2D eigenvalue weighted by Gasteiger charge is -2.07. The summed E-state index contributed by atoms with van der Waals surface area (Å²) in [6.07, 6.45) is 0.561. The van der Waals surface area contributed by atoms with Crippen molar-refractivity contribution in [3.05, 3.63) is 23.8 Å². The molecule has 0 aromatic heterocycles. The Morgan fingerprint density at radius 1 is 1.50 bits per heavy atom. The molecule has 1 aromatic carbocycles. The molecule has 1 aromatic rings. The van der Waals surface area contributed by atoms with Crippen LogP contribution in [0.2, 0.25) is 0 Å². The van der Waals surface area contributed by atoms with Crippen molar-refractivity contribution < 1.29 is 14.3 Å². The van der Waals surface area contributed by atoms with Crippen LogP contribution < -0.4 is 10.1 Å². The van der Waals surface area contributed by atoms with E-state index in [1.165, 1.54) is 14.0 Å². The Balaban J connectivity index is 3.10. The van der Waals surface area contributed by atoms with Crippen LogP contribution >= 0.6 is 0 Å². The molecule has 0 fully saturated rings. The highest BCUT2D eigenvalue weighted by molar-refractivity contribution is 5.95. The maximum Gasteiger partial charge on any atom is 0.211 e. The van der Waals surface area contributed by atoms with Gasteiger partial charge in [0.1, 0.15) is 5.75 Å². The second kappa shape index (κ2) is 4.41. The number of hydrogen-bond donors (Lipinski definition) is 1. The minimum atomic E-state index is -0.0408. The maximum absolute atomic E-state index is 11.0. The second-order valence-corrected chi connectivity index (χ2v) is 2.73. The van der Waals surface area contributed by atoms with Crippen LogP contribution in [-0.4, -0.2) is 19.3 Å². The summed E-state index contributed by atoms with van der Waals surface area (Å²) in [6.45, 7) is 1.47. The Morgan fingerprint density at radius 2 is 2.21 bits per heavy atom. The van der Waals surface area contributed by atoms with Crippen LogP contribution in [0.4, 0.5) is 5.69 Å². The summed E-state index contributed by atoms with van der Waals surface area (Å²) in [5, 5.41) is 2.48. The van der Waals surface area contributed by atoms with Crippen LogP contribution in [-0.2, 0) is 4.79 Å². The highest BCUT2D eigenvalue weighted by atomic mass is 16.5. The lowest BCUT2D eigenvalue weighted by atomic mass is 10.1. The van der Waals surface area contributed by atoms with E-state index in [1.807, 2.05) is 0 Å². The van der Waals surface area contributed by atoms with Gasteiger partial charge >= 0.3 is 0 Å². The second-order valence-electron chi connectivity index (χ2n) is 2.73. The Bertz CT molecular complexity index is 360. The van der Waals surface area contributed by atoms with Crippen molar-refractivity contribution in [3.8, 4) is 5.75 Å². The van der Waals surface area contributed by atoms with Gasteiger partial charge in [-0.25, -0.2) is 0 Å². The number of methoxy groups -OCH3 is 1. The molecular formula is C10H11NO3. The van der Waals surface area contributed by atoms with Gasteiger partial charge in [-0.2, -0.15) is 0 Å². The Hall–Kier alpha value is -1.84. The quantitative estimate of drug-likeness (QED) is 0.581. The average molecular weight is 193 g/mol. The van der Waals surface area contributed by atoms with E-state index >= 15 is 0 Å². The number of ketones is 1. The zero-order valence-electron chi connectivity index (χ0n) is 8.03. The van der Waals surface area contributed by atoms with E-state index in [0.29, 0.717) is 23.4 Å². The van der Waals surface area contributed by atoms with Gasteiger partial charge in [0.25, 0.3) is 0 Å². The molecule has 1 amide bonds. The van der Waals surface area contributed by atoms with Crippen molar-refractivity contribution in [2.24, 2.45) is 0 Å². The van der Waals surface area contributed by atoms with Crippen molar-refractivity contribution in [1.82, 2.24) is 0 Å². The number of benzene rings is 1. The number of carbonyl (C=O) groups excluding carboxylic acids is 2. The fraction of sp³-hybridized carbons (Fsp3) is 0.200. The molecule has 0 aliphatic heterocycles. The van der Waals surface area contributed by atoms with Gasteiger partial charge in [-0.15, -0.1) is 0 Å². The van der Waals surface area contributed by atoms with E-state index in [4.69, 9.17) is 4.74 Å². The first-order valence-corrected chi connectivity index (χ1v) is 4.08. The molecule has 0 spiro atoms. The molecule has 0 aliphatic carbocycles. The molecule has 0 saturated heterocycles. The first kappa shape index (κ1) is 10.2. The van der Waals surface area contributed by atoms with Crippen LogP contribution in [0, 0.1) is 0 Å². The number of anilines is 1. The highest BCUT2D eigenvalue weighted by Crippen LogP contribution is 2.24. The summed E-state index contributed by atoms with van der Waals surface area (Å²) in [7, 11) is 1.48. The van der Waals surface area contributed by atoms with Crippen molar-refractivity contribution in [1.29, 1.82) is 0 Å². The lowest BCUT2D eigenvalue weighted by molar-refractivity contribution is -0.105. The van der Waals surface area contributed by atoms with E-state index in [1.54, 1.807) is 18.2 Å².